The first-order valence-corrected chi connectivity index (χ1v) is 31.7. The van der Waals surface area contributed by atoms with E-state index in [0.29, 0.717) is 12.8 Å². The van der Waals surface area contributed by atoms with E-state index in [-0.39, 0.29) is 18.9 Å². The number of carbonyl (C=O) groups is 1. The van der Waals surface area contributed by atoms with Crippen LogP contribution >= 0.6 is 0 Å². The van der Waals surface area contributed by atoms with Gasteiger partial charge in [0.05, 0.1) is 32.0 Å². The molecule has 0 aromatic rings. The monoisotopic (exact) mass is 1120 g/mol. The van der Waals surface area contributed by atoms with Gasteiger partial charge in [0, 0.05) is 6.42 Å². The molecule has 79 heavy (non-hydrogen) atoms. The summed E-state index contributed by atoms with van der Waals surface area (Å²) in [7, 11) is 0. The Kier molecular flexibility index (Phi) is 45.9. The Morgan fingerprint density at radius 1 is 0.456 bits per heavy atom. The summed E-state index contributed by atoms with van der Waals surface area (Å²) < 4.78 is 22.7. The van der Waals surface area contributed by atoms with E-state index in [0.717, 1.165) is 57.8 Å². The third-order valence-electron chi connectivity index (χ3n) is 15.1. The average Bonchev–Trinajstić information content (AvgIpc) is 3.48. The van der Waals surface area contributed by atoms with Gasteiger partial charge in [-0.15, -0.1) is 0 Å². The largest absolute Gasteiger partial charge is 0.394 e. The van der Waals surface area contributed by atoms with Crippen molar-refractivity contribution in [2.75, 3.05) is 19.8 Å². The minimum absolute atomic E-state index is 0.255. The second-order valence-electron chi connectivity index (χ2n) is 22.2. The number of unbranched alkanes of at least 4 members (excludes halogenated alkanes) is 27. The molecule has 2 aliphatic heterocycles. The van der Waals surface area contributed by atoms with E-state index in [1.165, 1.54) is 148 Å². The lowest BCUT2D eigenvalue weighted by Gasteiger charge is -2.46. The Hall–Kier alpha value is -2.57. The summed E-state index contributed by atoms with van der Waals surface area (Å²) in [5, 5.41) is 87.0. The molecule has 12 atom stereocenters. The van der Waals surface area contributed by atoms with Crippen LogP contribution in [-0.4, -0.2) is 140 Å². The molecule has 2 aliphatic rings. The highest BCUT2D eigenvalue weighted by Gasteiger charge is 2.51. The number of ether oxygens (including phenoxy) is 4. The quantitative estimate of drug-likeness (QED) is 0.0204. The molecule has 12 unspecified atom stereocenters. The van der Waals surface area contributed by atoms with E-state index in [1.54, 1.807) is 6.08 Å². The highest BCUT2D eigenvalue weighted by atomic mass is 16.7. The SMILES string of the molecule is CCCC/C=C/CC/C=C/CC/C=C/C(O)C(COC1OC(CO)C(OC2OC(CO)C(O)C(O)C2O)C(O)C1O)NC(=O)CCCCCCCCCCCCCCCCCCCC/C=C\C/C=C\C/C=C\CCCCCCC. The van der Waals surface area contributed by atoms with E-state index in [4.69, 9.17) is 18.9 Å². The van der Waals surface area contributed by atoms with Crippen molar-refractivity contribution in [3.8, 4) is 0 Å². The van der Waals surface area contributed by atoms with Gasteiger partial charge >= 0.3 is 0 Å². The van der Waals surface area contributed by atoms with Crippen LogP contribution in [-0.2, 0) is 23.7 Å². The van der Waals surface area contributed by atoms with Gasteiger partial charge in [-0.1, -0.05) is 228 Å². The maximum absolute atomic E-state index is 13.2. The normalized spacial score (nSPS) is 24.9. The molecule has 0 saturated carbocycles. The highest BCUT2D eigenvalue weighted by molar-refractivity contribution is 5.76. The third kappa shape index (κ3) is 35.2. The fraction of sp³-hybridized carbons (Fsp3) is 0.800. The Labute approximate surface area is 478 Å². The van der Waals surface area contributed by atoms with Crippen molar-refractivity contribution in [2.24, 2.45) is 0 Å². The second-order valence-corrected chi connectivity index (χ2v) is 22.2. The molecule has 14 heteroatoms. The summed E-state index contributed by atoms with van der Waals surface area (Å²) in [6.45, 7) is 2.70. The predicted octanol–water partition coefficient (Wildman–Crippen LogP) is 11.5. The van der Waals surface area contributed by atoms with Gasteiger partial charge in [0.1, 0.15) is 48.8 Å². The summed E-state index contributed by atoms with van der Waals surface area (Å²) in [5.41, 5.74) is 0. The van der Waals surface area contributed by atoms with Crippen LogP contribution in [0.25, 0.3) is 0 Å². The summed E-state index contributed by atoms with van der Waals surface area (Å²) in [4.78, 5) is 13.2. The van der Waals surface area contributed by atoms with Crippen LogP contribution < -0.4 is 5.32 Å². The highest BCUT2D eigenvalue weighted by Crippen LogP contribution is 2.30. The van der Waals surface area contributed by atoms with Crippen molar-refractivity contribution >= 4 is 5.91 Å². The Morgan fingerprint density at radius 3 is 1.37 bits per heavy atom. The Balaban J connectivity index is 1.63. The lowest BCUT2D eigenvalue weighted by Crippen LogP contribution is -2.65. The molecule has 9 N–H and O–H groups in total. The molecule has 0 bridgehead atoms. The van der Waals surface area contributed by atoms with Crippen molar-refractivity contribution in [2.45, 2.75) is 312 Å². The molecular formula is C65H115NO13. The average molecular weight is 1120 g/mol. The first kappa shape index (κ1) is 72.5. The first-order chi connectivity index (χ1) is 38.6. The van der Waals surface area contributed by atoms with E-state index >= 15 is 0 Å². The van der Waals surface area contributed by atoms with Gasteiger partial charge in [-0.2, -0.15) is 0 Å². The van der Waals surface area contributed by atoms with Crippen LogP contribution in [0.4, 0.5) is 0 Å². The molecule has 14 nitrogen and oxygen atoms in total. The van der Waals surface area contributed by atoms with E-state index in [9.17, 15) is 45.6 Å². The van der Waals surface area contributed by atoms with Crippen molar-refractivity contribution in [3.63, 3.8) is 0 Å². The molecule has 0 spiro atoms. The number of rotatable bonds is 50. The third-order valence-corrected chi connectivity index (χ3v) is 15.1. The van der Waals surface area contributed by atoms with Crippen molar-refractivity contribution in [1.29, 1.82) is 0 Å². The Morgan fingerprint density at radius 2 is 0.861 bits per heavy atom. The topological polar surface area (TPSA) is 228 Å². The van der Waals surface area contributed by atoms with Crippen LogP contribution in [0, 0.1) is 0 Å². The first-order valence-electron chi connectivity index (χ1n) is 31.7. The number of aliphatic hydroxyl groups excluding tert-OH is 8. The standard InChI is InChI=1S/C65H115NO13/c1-3-5-7-9-11-13-15-17-18-19-20-21-22-23-24-25-26-27-28-29-30-31-32-33-34-35-36-37-39-41-43-45-47-49-57(70)66-53(54(69)48-46-44-42-40-38-16-14-12-10-8-6-4-2)52-76-64-62(75)60(73)63(56(51-68)78-64)79-65-61(74)59(72)58(71)55(50-67)77-65/h10,12,15,17,19-20,22-23,38,40,46,48,53-56,58-65,67-69,71-75H,3-9,11,13-14,16,18,21,24-37,39,41-45,47,49-52H2,1-2H3,(H,66,70)/b12-10+,17-15-,20-19-,23-22-,40-38+,48-46+. The number of allylic oxidation sites excluding steroid dienone is 11. The second kappa shape index (κ2) is 50.0. The predicted molar refractivity (Wildman–Crippen MR) is 318 cm³/mol. The molecule has 1 amide bonds. The molecule has 2 saturated heterocycles. The number of nitrogens with one attached hydrogen (secondary N) is 1. The minimum Gasteiger partial charge on any atom is -0.394 e. The molecule has 0 aromatic heterocycles. The molecule has 0 aliphatic carbocycles. The van der Waals surface area contributed by atoms with Crippen LogP contribution in [0.15, 0.2) is 72.9 Å². The van der Waals surface area contributed by atoms with Crippen LogP contribution in [0.5, 0.6) is 0 Å². The van der Waals surface area contributed by atoms with Gasteiger partial charge in [0.2, 0.25) is 5.91 Å². The zero-order valence-electron chi connectivity index (χ0n) is 49.3. The Bertz CT molecular complexity index is 1600. The van der Waals surface area contributed by atoms with Gasteiger partial charge in [-0.05, 0) is 77.0 Å². The molecular weight excluding hydrogens is 1000 g/mol. The van der Waals surface area contributed by atoms with E-state index in [1.807, 2.05) is 6.08 Å². The molecule has 2 rings (SSSR count). The number of aliphatic hydroxyl groups is 8. The van der Waals surface area contributed by atoms with E-state index in [2.05, 4.69) is 79.9 Å². The van der Waals surface area contributed by atoms with Gasteiger partial charge in [-0.25, -0.2) is 0 Å². The molecule has 458 valence electrons. The maximum atomic E-state index is 13.2. The zero-order valence-corrected chi connectivity index (χ0v) is 49.3. The van der Waals surface area contributed by atoms with Crippen LogP contribution in [0.3, 0.4) is 0 Å². The molecule has 2 fully saturated rings. The van der Waals surface area contributed by atoms with Gasteiger partial charge < -0.3 is 65.1 Å². The molecule has 0 radical (unpaired) electrons. The van der Waals surface area contributed by atoms with E-state index < -0.39 is 86.8 Å². The van der Waals surface area contributed by atoms with Crippen molar-refractivity contribution in [1.82, 2.24) is 5.32 Å². The molecule has 2 heterocycles. The fourth-order valence-electron chi connectivity index (χ4n) is 9.96. The van der Waals surface area contributed by atoms with Crippen LogP contribution in [0.1, 0.15) is 239 Å². The summed E-state index contributed by atoms with van der Waals surface area (Å²) >= 11 is 0. The summed E-state index contributed by atoms with van der Waals surface area (Å²) in [6.07, 6.45) is 49.7. The lowest BCUT2D eigenvalue weighted by molar-refractivity contribution is -0.359. The lowest BCUT2D eigenvalue weighted by atomic mass is 9.97. The zero-order chi connectivity index (χ0) is 57.4. The maximum Gasteiger partial charge on any atom is 0.220 e. The van der Waals surface area contributed by atoms with Crippen LogP contribution in [0.2, 0.25) is 0 Å². The smallest absolute Gasteiger partial charge is 0.220 e. The van der Waals surface area contributed by atoms with Crippen molar-refractivity contribution in [3.05, 3.63) is 72.9 Å². The van der Waals surface area contributed by atoms with Gasteiger partial charge in [0.25, 0.3) is 0 Å². The van der Waals surface area contributed by atoms with Gasteiger partial charge in [-0.3, -0.25) is 4.79 Å². The number of carbonyl (C=O) groups excluding carboxylic acids is 1. The minimum atomic E-state index is -1.79. The number of hydrogen-bond donors (Lipinski definition) is 9. The van der Waals surface area contributed by atoms with Gasteiger partial charge in [0.15, 0.2) is 12.6 Å². The molecule has 0 aromatic carbocycles. The number of amides is 1. The summed E-state index contributed by atoms with van der Waals surface area (Å²) in [6, 6.07) is -0.939. The summed E-state index contributed by atoms with van der Waals surface area (Å²) in [5.74, 6) is -0.255. The number of hydrogen-bond acceptors (Lipinski definition) is 13. The van der Waals surface area contributed by atoms with Crippen molar-refractivity contribution < 1.29 is 64.6 Å². The fourth-order valence-corrected chi connectivity index (χ4v) is 9.96.